The lowest BCUT2D eigenvalue weighted by Crippen LogP contribution is -2.32. The summed E-state index contributed by atoms with van der Waals surface area (Å²) in [5.74, 6) is 0.693. The highest BCUT2D eigenvalue weighted by molar-refractivity contribution is 8.00. The second-order valence-electron chi connectivity index (χ2n) is 5.90. The number of methoxy groups -OCH3 is 2. The van der Waals surface area contributed by atoms with Gasteiger partial charge in [0.1, 0.15) is 11.5 Å². The molecular weight excluding hydrogens is 339 g/mol. The van der Waals surface area contributed by atoms with Crippen LogP contribution in [0.5, 0.6) is 11.5 Å². The molecule has 1 fully saturated rings. The lowest BCUT2D eigenvalue weighted by atomic mass is 9.95. The zero-order valence-corrected chi connectivity index (χ0v) is 14.9. The summed E-state index contributed by atoms with van der Waals surface area (Å²) in [5.41, 5.74) is -3.51. The van der Waals surface area contributed by atoms with Crippen LogP contribution in [0.4, 0.5) is 13.2 Å². The maximum atomic E-state index is 12.7. The van der Waals surface area contributed by atoms with Crippen LogP contribution in [-0.4, -0.2) is 32.3 Å². The van der Waals surface area contributed by atoms with Crippen LogP contribution >= 0.6 is 11.8 Å². The Kier molecular flexibility index (Phi) is 7.10. The number of nitrogens with one attached hydrogen (secondary N) is 1. The van der Waals surface area contributed by atoms with Gasteiger partial charge in [0.2, 0.25) is 0 Å². The minimum Gasteiger partial charge on any atom is -0.496 e. The fraction of sp³-hybridized carbons (Fsp3) is 0.647. The van der Waals surface area contributed by atoms with Crippen molar-refractivity contribution in [3.05, 3.63) is 17.7 Å². The average Bonchev–Trinajstić information content (AvgIpc) is 2.55. The molecule has 1 aromatic carbocycles. The summed E-state index contributed by atoms with van der Waals surface area (Å²) in [7, 11) is 2.86. The van der Waals surface area contributed by atoms with E-state index in [-0.39, 0.29) is 22.4 Å². The molecule has 0 atom stereocenters. The number of hydrogen-bond acceptors (Lipinski definition) is 4. The van der Waals surface area contributed by atoms with Gasteiger partial charge in [0.05, 0.1) is 19.1 Å². The van der Waals surface area contributed by atoms with Crippen LogP contribution in [0.1, 0.15) is 37.7 Å². The molecule has 0 unspecified atom stereocenters. The van der Waals surface area contributed by atoms with Gasteiger partial charge in [-0.1, -0.05) is 19.3 Å². The molecule has 0 aromatic heterocycles. The first-order valence-electron chi connectivity index (χ1n) is 8.17. The minimum absolute atomic E-state index is 0.0193. The monoisotopic (exact) mass is 363 g/mol. The van der Waals surface area contributed by atoms with Gasteiger partial charge in [-0.25, -0.2) is 0 Å². The molecule has 0 heterocycles. The highest BCUT2D eigenvalue weighted by Gasteiger charge is 2.31. The van der Waals surface area contributed by atoms with Crippen LogP contribution in [0.15, 0.2) is 17.0 Å². The van der Waals surface area contributed by atoms with Gasteiger partial charge in [-0.05, 0) is 55.3 Å². The van der Waals surface area contributed by atoms with Crippen LogP contribution in [0.3, 0.4) is 0 Å². The Morgan fingerprint density at radius 3 is 2.33 bits per heavy atom. The van der Waals surface area contributed by atoms with E-state index in [9.17, 15) is 13.2 Å². The van der Waals surface area contributed by atoms with Gasteiger partial charge in [-0.15, -0.1) is 0 Å². The predicted molar refractivity (Wildman–Crippen MR) is 90.0 cm³/mol. The van der Waals surface area contributed by atoms with Gasteiger partial charge in [-0.2, -0.15) is 13.2 Å². The first kappa shape index (κ1) is 19.2. The summed E-state index contributed by atoms with van der Waals surface area (Å²) in [5, 5.41) is 3.53. The molecule has 0 radical (unpaired) electrons. The second-order valence-corrected chi connectivity index (χ2v) is 7.01. The van der Waals surface area contributed by atoms with Gasteiger partial charge in [0.15, 0.2) is 0 Å². The van der Waals surface area contributed by atoms with Crippen LogP contribution in [0.2, 0.25) is 0 Å². The summed E-state index contributed by atoms with van der Waals surface area (Å²) >= 11 is -0.184. The first-order valence-corrected chi connectivity index (χ1v) is 8.98. The molecule has 1 aliphatic carbocycles. The van der Waals surface area contributed by atoms with Crippen LogP contribution in [-0.2, 0) is 6.42 Å². The molecule has 0 amide bonds. The summed E-state index contributed by atoms with van der Waals surface area (Å²) < 4.78 is 48.4. The van der Waals surface area contributed by atoms with Crippen molar-refractivity contribution in [2.45, 2.75) is 55.0 Å². The number of alkyl halides is 3. The van der Waals surface area contributed by atoms with Crippen molar-refractivity contribution >= 4 is 11.8 Å². The summed E-state index contributed by atoms with van der Waals surface area (Å²) in [6, 6.07) is 3.61. The molecule has 24 heavy (non-hydrogen) atoms. The third kappa shape index (κ3) is 5.77. The topological polar surface area (TPSA) is 30.5 Å². The Bertz CT molecular complexity index is 531. The maximum absolute atomic E-state index is 12.7. The molecular formula is C17H24F3NO2S. The summed E-state index contributed by atoms with van der Waals surface area (Å²) in [6.07, 6.45) is 6.91. The highest BCUT2D eigenvalue weighted by atomic mass is 32.2. The lowest BCUT2D eigenvalue weighted by Gasteiger charge is -2.23. The Morgan fingerprint density at radius 1 is 1.08 bits per heavy atom. The zero-order valence-electron chi connectivity index (χ0n) is 14.0. The van der Waals surface area contributed by atoms with Gasteiger partial charge >= 0.3 is 5.51 Å². The Labute approximate surface area is 145 Å². The molecule has 2 rings (SSSR count). The SMILES string of the molecule is COc1cc(SC(F)(F)F)c(OC)cc1CCNC1CCCCC1. The third-order valence-electron chi connectivity index (χ3n) is 4.22. The van der Waals surface area contributed by atoms with E-state index in [0.29, 0.717) is 18.2 Å². The summed E-state index contributed by atoms with van der Waals surface area (Å²) in [4.78, 5) is 0.0193. The maximum Gasteiger partial charge on any atom is 0.446 e. The smallest absolute Gasteiger partial charge is 0.446 e. The van der Waals surface area contributed by atoms with E-state index in [4.69, 9.17) is 9.47 Å². The Hall–Kier alpha value is -1.08. The Balaban J connectivity index is 2.05. The van der Waals surface area contributed by atoms with Crippen LogP contribution in [0, 0.1) is 0 Å². The molecule has 1 aromatic rings. The number of benzene rings is 1. The molecule has 0 spiro atoms. The molecule has 7 heteroatoms. The van der Waals surface area contributed by atoms with E-state index in [1.807, 2.05) is 0 Å². The Morgan fingerprint density at radius 2 is 1.75 bits per heavy atom. The largest absolute Gasteiger partial charge is 0.496 e. The van der Waals surface area contributed by atoms with E-state index in [1.54, 1.807) is 6.07 Å². The number of hydrogen-bond donors (Lipinski definition) is 1. The van der Waals surface area contributed by atoms with E-state index in [1.165, 1.54) is 52.4 Å². The fourth-order valence-electron chi connectivity index (χ4n) is 3.05. The third-order valence-corrected chi connectivity index (χ3v) is 5.00. The number of rotatable bonds is 7. The van der Waals surface area contributed by atoms with Crippen molar-refractivity contribution in [2.24, 2.45) is 0 Å². The molecule has 0 aliphatic heterocycles. The van der Waals surface area contributed by atoms with Gasteiger partial charge < -0.3 is 14.8 Å². The van der Waals surface area contributed by atoms with E-state index >= 15 is 0 Å². The molecule has 0 saturated heterocycles. The van der Waals surface area contributed by atoms with Gasteiger partial charge in [0.25, 0.3) is 0 Å². The van der Waals surface area contributed by atoms with E-state index < -0.39 is 5.51 Å². The number of thioether (sulfide) groups is 1. The molecule has 1 saturated carbocycles. The quantitative estimate of drug-likeness (QED) is 0.706. The van der Waals surface area contributed by atoms with Crippen molar-refractivity contribution in [3.8, 4) is 11.5 Å². The molecule has 1 aliphatic rings. The van der Waals surface area contributed by atoms with Crippen molar-refractivity contribution in [1.82, 2.24) is 5.32 Å². The second kappa shape index (κ2) is 8.85. The van der Waals surface area contributed by atoms with Crippen molar-refractivity contribution in [3.63, 3.8) is 0 Å². The van der Waals surface area contributed by atoms with Gasteiger partial charge in [-0.3, -0.25) is 0 Å². The van der Waals surface area contributed by atoms with Gasteiger partial charge in [0, 0.05) is 6.04 Å². The molecule has 1 N–H and O–H groups in total. The predicted octanol–water partition coefficient (Wildman–Crippen LogP) is 4.78. The zero-order chi connectivity index (χ0) is 17.6. The lowest BCUT2D eigenvalue weighted by molar-refractivity contribution is -0.0328. The molecule has 3 nitrogen and oxygen atoms in total. The van der Waals surface area contributed by atoms with Crippen molar-refractivity contribution in [2.75, 3.05) is 20.8 Å². The standard InChI is InChI=1S/C17H24F3NO2S/c1-22-14-11-16(24-17(18,19)20)15(23-2)10-12(14)8-9-21-13-6-4-3-5-7-13/h10-11,13,21H,3-9H2,1-2H3. The highest BCUT2D eigenvalue weighted by Crippen LogP contribution is 2.44. The van der Waals surface area contributed by atoms with Crippen LogP contribution in [0.25, 0.3) is 0 Å². The summed E-state index contributed by atoms with van der Waals surface area (Å²) in [6.45, 7) is 0.774. The van der Waals surface area contributed by atoms with Crippen LogP contribution < -0.4 is 14.8 Å². The van der Waals surface area contributed by atoms with E-state index in [0.717, 1.165) is 12.1 Å². The molecule has 136 valence electrons. The van der Waals surface area contributed by atoms with E-state index in [2.05, 4.69) is 5.32 Å². The normalized spacial score (nSPS) is 16.2. The molecule has 0 bridgehead atoms. The minimum atomic E-state index is -4.36. The number of halogens is 3. The fourth-order valence-corrected chi connectivity index (χ4v) is 3.71. The average molecular weight is 363 g/mol. The van der Waals surface area contributed by atoms with Crippen molar-refractivity contribution in [1.29, 1.82) is 0 Å². The van der Waals surface area contributed by atoms with Crippen molar-refractivity contribution < 1.29 is 22.6 Å². The number of ether oxygens (including phenoxy) is 2. The first-order chi connectivity index (χ1) is 11.4.